The van der Waals surface area contributed by atoms with Crippen molar-refractivity contribution in [1.82, 2.24) is 0 Å². The lowest BCUT2D eigenvalue weighted by Crippen LogP contribution is -2.32. The van der Waals surface area contributed by atoms with Crippen molar-refractivity contribution < 1.29 is 0 Å². The third-order valence-corrected chi connectivity index (χ3v) is 3.46. The summed E-state index contributed by atoms with van der Waals surface area (Å²) in [4.78, 5) is 2.44. The molecule has 1 aromatic rings. The van der Waals surface area contributed by atoms with Gasteiger partial charge in [-0.15, -0.1) is 0 Å². The van der Waals surface area contributed by atoms with E-state index >= 15 is 0 Å². The van der Waals surface area contributed by atoms with E-state index in [2.05, 4.69) is 29.2 Å². The first-order chi connectivity index (χ1) is 6.90. The predicted octanol–water partition coefficient (Wildman–Crippen LogP) is 1.70. The maximum atomic E-state index is 5.63. The van der Waals surface area contributed by atoms with Crippen LogP contribution in [0.1, 0.15) is 5.56 Å². The monoisotopic (exact) mass is 208 g/mol. The smallest absolute Gasteiger partial charge is 0.0369 e. The van der Waals surface area contributed by atoms with Gasteiger partial charge >= 0.3 is 0 Å². The van der Waals surface area contributed by atoms with Crippen molar-refractivity contribution in [2.75, 3.05) is 29.5 Å². The zero-order valence-electron chi connectivity index (χ0n) is 8.28. The summed E-state index contributed by atoms with van der Waals surface area (Å²) in [5.74, 6) is 2.49. The van der Waals surface area contributed by atoms with E-state index in [1.54, 1.807) is 0 Å². The van der Waals surface area contributed by atoms with Crippen LogP contribution in [0.3, 0.4) is 0 Å². The van der Waals surface area contributed by atoms with Gasteiger partial charge in [0.1, 0.15) is 0 Å². The minimum Gasteiger partial charge on any atom is -0.370 e. The molecule has 0 unspecified atom stereocenters. The summed E-state index contributed by atoms with van der Waals surface area (Å²) < 4.78 is 0. The molecule has 0 saturated carbocycles. The zero-order chi connectivity index (χ0) is 9.80. The van der Waals surface area contributed by atoms with E-state index in [1.807, 2.05) is 11.8 Å². The lowest BCUT2D eigenvalue weighted by Gasteiger charge is -2.28. The topological polar surface area (TPSA) is 29.3 Å². The second-order valence-electron chi connectivity index (χ2n) is 3.47. The fraction of sp³-hybridized carbons (Fsp3) is 0.455. The van der Waals surface area contributed by atoms with Crippen molar-refractivity contribution in [2.45, 2.75) is 6.54 Å². The summed E-state index contributed by atoms with van der Waals surface area (Å²) >= 11 is 2.04. The Morgan fingerprint density at radius 1 is 1.29 bits per heavy atom. The quantitative estimate of drug-likeness (QED) is 0.802. The lowest BCUT2D eigenvalue weighted by atomic mass is 10.2. The van der Waals surface area contributed by atoms with Crippen molar-refractivity contribution in [3.8, 4) is 0 Å². The zero-order valence-corrected chi connectivity index (χ0v) is 9.09. The van der Waals surface area contributed by atoms with Crippen molar-refractivity contribution in [3.05, 3.63) is 29.8 Å². The third kappa shape index (κ3) is 2.22. The lowest BCUT2D eigenvalue weighted by molar-refractivity contribution is 0.856. The molecule has 0 bridgehead atoms. The highest BCUT2D eigenvalue weighted by atomic mass is 32.2. The summed E-state index contributed by atoms with van der Waals surface area (Å²) in [6.45, 7) is 2.97. The second kappa shape index (κ2) is 4.71. The number of hydrogen-bond acceptors (Lipinski definition) is 3. The van der Waals surface area contributed by atoms with Gasteiger partial charge in [-0.1, -0.05) is 12.1 Å². The van der Waals surface area contributed by atoms with E-state index in [4.69, 9.17) is 5.73 Å². The van der Waals surface area contributed by atoms with E-state index in [-0.39, 0.29) is 0 Å². The molecule has 2 N–H and O–H groups in total. The average molecular weight is 208 g/mol. The Balaban J connectivity index is 2.13. The molecule has 1 saturated heterocycles. The molecule has 0 spiro atoms. The van der Waals surface area contributed by atoms with Crippen LogP contribution in [0.2, 0.25) is 0 Å². The Morgan fingerprint density at radius 3 is 2.79 bits per heavy atom. The summed E-state index contributed by atoms with van der Waals surface area (Å²) in [5, 5.41) is 0. The van der Waals surface area contributed by atoms with Gasteiger partial charge in [0.15, 0.2) is 0 Å². The van der Waals surface area contributed by atoms with Gasteiger partial charge < -0.3 is 10.6 Å². The number of anilines is 1. The van der Waals surface area contributed by atoms with Gasteiger partial charge in [-0.2, -0.15) is 11.8 Å². The highest BCUT2D eigenvalue weighted by molar-refractivity contribution is 7.99. The molecule has 0 aliphatic carbocycles. The van der Waals surface area contributed by atoms with E-state index in [0.717, 1.165) is 0 Å². The van der Waals surface area contributed by atoms with E-state index in [0.29, 0.717) is 6.54 Å². The number of thioether (sulfide) groups is 1. The van der Waals surface area contributed by atoms with Gasteiger partial charge in [0.2, 0.25) is 0 Å². The first-order valence-corrected chi connectivity index (χ1v) is 6.17. The van der Waals surface area contributed by atoms with Crippen LogP contribution in [0.4, 0.5) is 5.69 Å². The van der Waals surface area contributed by atoms with E-state index < -0.39 is 0 Å². The third-order valence-electron chi connectivity index (χ3n) is 2.52. The molecule has 3 heteroatoms. The van der Waals surface area contributed by atoms with Gasteiger partial charge in [0.25, 0.3) is 0 Å². The summed E-state index contributed by atoms with van der Waals surface area (Å²) in [7, 11) is 0. The van der Waals surface area contributed by atoms with Gasteiger partial charge in [0, 0.05) is 36.8 Å². The Kier molecular flexibility index (Phi) is 3.32. The molecule has 2 rings (SSSR count). The van der Waals surface area contributed by atoms with Crippen LogP contribution in [0.15, 0.2) is 24.3 Å². The minimum atomic E-state index is 0.635. The van der Waals surface area contributed by atoms with Crippen LogP contribution in [-0.2, 0) is 6.54 Å². The second-order valence-corrected chi connectivity index (χ2v) is 4.70. The van der Waals surface area contributed by atoms with E-state index in [1.165, 1.54) is 35.8 Å². The van der Waals surface area contributed by atoms with Crippen LogP contribution >= 0.6 is 11.8 Å². The molecule has 76 valence electrons. The standard InChI is InChI=1S/C11H16N2S/c12-9-10-2-1-3-11(8-10)13-4-6-14-7-5-13/h1-3,8H,4-7,9,12H2. The minimum absolute atomic E-state index is 0.635. The summed E-state index contributed by atoms with van der Waals surface area (Å²) in [6.07, 6.45) is 0. The first-order valence-electron chi connectivity index (χ1n) is 5.02. The van der Waals surface area contributed by atoms with Crippen molar-refractivity contribution in [3.63, 3.8) is 0 Å². The number of nitrogens with two attached hydrogens (primary N) is 1. The summed E-state index contributed by atoms with van der Waals surface area (Å²) in [6, 6.07) is 8.56. The maximum absolute atomic E-state index is 5.63. The highest BCUT2D eigenvalue weighted by Crippen LogP contribution is 2.20. The fourth-order valence-electron chi connectivity index (χ4n) is 1.70. The van der Waals surface area contributed by atoms with Crippen LogP contribution in [-0.4, -0.2) is 24.6 Å². The molecule has 1 fully saturated rings. The van der Waals surface area contributed by atoms with Crippen molar-refractivity contribution in [1.29, 1.82) is 0 Å². The molecular weight excluding hydrogens is 192 g/mol. The Labute approximate surface area is 89.5 Å². The number of hydrogen-bond donors (Lipinski definition) is 1. The number of rotatable bonds is 2. The van der Waals surface area contributed by atoms with Crippen LogP contribution < -0.4 is 10.6 Å². The van der Waals surface area contributed by atoms with Crippen molar-refractivity contribution in [2.24, 2.45) is 5.73 Å². The fourth-order valence-corrected chi connectivity index (χ4v) is 2.60. The van der Waals surface area contributed by atoms with Crippen LogP contribution in [0.5, 0.6) is 0 Å². The SMILES string of the molecule is NCc1cccc(N2CCSCC2)c1. The van der Waals surface area contributed by atoms with Crippen LogP contribution in [0.25, 0.3) is 0 Å². The van der Waals surface area contributed by atoms with Crippen molar-refractivity contribution >= 4 is 17.4 Å². The normalized spacial score (nSPS) is 17.1. The molecule has 1 aromatic carbocycles. The van der Waals surface area contributed by atoms with E-state index in [9.17, 15) is 0 Å². The molecular formula is C11H16N2S. The molecule has 1 aliphatic heterocycles. The van der Waals surface area contributed by atoms with Gasteiger partial charge in [-0.25, -0.2) is 0 Å². The molecule has 0 amide bonds. The van der Waals surface area contributed by atoms with Gasteiger partial charge in [-0.3, -0.25) is 0 Å². The molecule has 0 radical (unpaired) electrons. The highest BCUT2D eigenvalue weighted by Gasteiger charge is 2.10. The average Bonchev–Trinajstić information content (AvgIpc) is 2.30. The Bertz CT molecular complexity index is 295. The van der Waals surface area contributed by atoms with Gasteiger partial charge in [0.05, 0.1) is 0 Å². The number of nitrogens with zero attached hydrogens (tertiary/aromatic N) is 1. The molecule has 0 aromatic heterocycles. The van der Waals surface area contributed by atoms with Crippen LogP contribution in [0, 0.1) is 0 Å². The predicted molar refractivity (Wildman–Crippen MR) is 63.9 cm³/mol. The molecule has 14 heavy (non-hydrogen) atoms. The maximum Gasteiger partial charge on any atom is 0.0369 e. The molecule has 1 heterocycles. The molecule has 2 nitrogen and oxygen atoms in total. The summed E-state index contributed by atoms with van der Waals surface area (Å²) in [5.41, 5.74) is 8.18. The molecule has 1 aliphatic rings. The first kappa shape index (κ1) is 9.87. The Morgan fingerprint density at radius 2 is 2.07 bits per heavy atom. The van der Waals surface area contributed by atoms with Gasteiger partial charge in [-0.05, 0) is 17.7 Å². The molecule has 0 atom stereocenters. The largest absolute Gasteiger partial charge is 0.370 e. The Hall–Kier alpha value is -0.670. The number of benzene rings is 1.